The second kappa shape index (κ2) is 7.24. The van der Waals surface area contributed by atoms with Crippen LogP contribution in [0, 0.1) is 5.92 Å². The van der Waals surface area contributed by atoms with Crippen LogP contribution in [0.2, 0.25) is 0 Å². The van der Waals surface area contributed by atoms with Crippen molar-refractivity contribution in [1.82, 2.24) is 10.2 Å². The number of piperidine rings is 2. The molecule has 22 heavy (non-hydrogen) atoms. The molecule has 5 nitrogen and oxygen atoms in total. The highest BCUT2D eigenvalue weighted by molar-refractivity contribution is 7.12. The summed E-state index contributed by atoms with van der Waals surface area (Å²) in [5, 5.41) is 4.10. The van der Waals surface area contributed by atoms with Crippen LogP contribution in [0.15, 0.2) is 17.5 Å². The minimum atomic E-state index is -0.633. The molecule has 2 aliphatic rings. The van der Waals surface area contributed by atoms with Crippen LogP contribution in [0.5, 0.6) is 0 Å². The van der Waals surface area contributed by atoms with Gasteiger partial charge in [-0.1, -0.05) is 12.5 Å². The van der Waals surface area contributed by atoms with E-state index < -0.39 is 6.09 Å². The summed E-state index contributed by atoms with van der Waals surface area (Å²) in [6.45, 7) is 2.75. The first kappa shape index (κ1) is 15.5. The monoisotopic (exact) mass is 322 g/mol. The number of imide groups is 1. The molecule has 0 radical (unpaired) electrons. The molecule has 2 amide bonds. The van der Waals surface area contributed by atoms with E-state index in [0.717, 1.165) is 6.42 Å². The van der Waals surface area contributed by atoms with Gasteiger partial charge < -0.3 is 4.74 Å². The highest BCUT2D eigenvalue weighted by atomic mass is 32.1. The summed E-state index contributed by atoms with van der Waals surface area (Å²) in [7, 11) is 0. The largest absolute Gasteiger partial charge is 0.449 e. The molecule has 0 saturated carbocycles. The first-order valence-corrected chi connectivity index (χ1v) is 8.87. The number of carbonyl (C=O) groups is 2. The average Bonchev–Trinajstić information content (AvgIpc) is 3.07. The molecule has 120 valence electrons. The Morgan fingerprint density at radius 2 is 2.14 bits per heavy atom. The number of nitrogens with one attached hydrogen (secondary N) is 1. The van der Waals surface area contributed by atoms with Gasteiger partial charge in [-0.15, -0.1) is 11.3 Å². The lowest BCUT2D eigenvalue weighted by Gasteiger charge is -2.44. The lowest BCUT2D eigenvalue weighted by atomic mass is 9.84. The molecule has 3 rings (SSSR count). The number of amides is 2. The van der Waals surface area contributed by atoms with Crippen molar-refractivity contribution >= 4 is 23.3 Å². The summed E-state index contributed by atoms with van der Waals surface area (Å²) in [4.78, 5) is 26.6. The number of ether oxygens (including phenoxy) is 1. The minimum Gasteiger partial charge on any atom is -0.449 e. The van der Waals surface area contributed by atoms with Crippen LogP contribution in [0.4, 0.5) is 4.79 Å². The molecular formula is C16H22N2O3S. The van der Waals surface area contributed by atoms with Gasteiger partial charge >= 0.3 is 6.09 Å². The van der Waals surface area contributed by atoms with E-state index in [1.807, 2.05) is 0 Å². The fraction of sp³-hybridized carbons (Fsp3) is 0.625. The zero-order valence-corrected chi connectivity index (χ0v) is 13.4. The summed E-state index contributed by atoms with van der Waals surface area (Å²) in [5.41, 5.74) is 0. The Morgan fingerprint density at radius 1 is 1.27 bits per heavy atom. The minimum absolute atomic E-state index is 0.386. The van der Waals surface area contributed by atoms with Crippen molar-refractivity contribution < 1.29 is 14.3 Å². The molecule has 2 atom stereocenters. The molecule has 0 bridgehead atoms. The molecule has 0 aromatic carbocycles. The van der Waals surface area contributed by atoms with Gasteiger partial charge in [0.25, 0.3) is 5.91 Å². The van der Waals surface area contributed by atoms with E-state index in [2.05, 4.69) is 10.2 Å². The van der Waals surface area contributed by atoms with E-state index in [4.69, 9.17) is 4.74 Å². The van der Waals surface area contributed by atoms with Gasteiger partial charge in [0.05, 0.1) is 11.5 Å². The quantitative estimate of drug-likeness (QED) is 0.929. The van der Waals surface area contributed by atoms with Crippen molar-refractivity contribution in [2.24, 2.45) is 5.92 Å². The molecule has 1 aromatic heterocycles. The average molecular weight is 322 g/mol. The highest BCUT2D eigenvalue weighted by Crippen LogP contribution is 2.30. The van der Waals surface area contributed by atoms with Gasteiger partial charge in [0.1, 0.15) is 0 Å². The molecule has 2 saturated heterocycles. The Hall–Kier alpha value is -1.40. The van der Waals surface area contributed by atoms with Crippen LogP contribution in [-0.2, 0) is 4.74 Å². The van der Waals surface area contributed by atoms with Gasteiger partial charge in [-0.05, 0) is 50.2 Å². The Labute approximate surface area is 134 Å². The molecule has 6 heteroatoms. The molecule has 1 aromatic rings. The Morgan fingerprint density at radius 3 is 2.95 bits per heavy atom. The summed E-state index contributed by atoms with van der Waals surface area (Å²) in [6, 6.07) is 4.02. The Balaban J connectivity index is 1.47. The molecule has 2 aliphatic heterocycles. The predicted octanol–water partition coefficient (Wildman–Crippen LogP) is 2.88. The van der Waals surface area contributed by atoms with Gasteiger partial charge in [0.15, 0.2) is 0 Å². The van der Waals surface area contributed by atoms with Crippen molar-refractivity contribution in [2.45, 2.75) is 38.1 Å². The van der Waals surface area contributed by atoms with Crippen molar-refractivity contribution in [2.75, 3.05) is 19.7 Å². The summed E-state index contributed by atoms with van der Waals surface area (Å²) < 4.78 is 5.31. The number of hydrogen-bond donors (Lipinski definition) is 1. The van der Waals surface area contributed by atoms with Crippen LogP contribution in [0.3, 0.4) is 0 Å². The molecule has 3 heterocycles. The van der Waals surface area contributed by atoms with Crippen LogP contribution in [-0.4, -0.2) is 42.6 Å². The number of hydrogen-bond acceptors (Lipinski definition) is 5. The van der Waals surface area contributed by atoms with Crippen LogP contribution >= 0.6 is 11.3 Å². The van der Waals surface area contributed by atoms with Crippen molar-refractivity contribution in [1.29, 1.82) is 0 Å². The molecule has 1 N–H and O–H groups in total. The number of carbonyl (C=O) groups excluding carboxylic acids is 2. The van der Waals surface area contributed by atoms with Gasteiger partial charge in [-0.3, -0.25) is 15.0 Å². The topological polar surface area (TPSA) is 58.6 Å². The van der Waals surface area contributed by atoms with E-state index in [1.54, 1.807) is 17.5 Å². The third-order valence-electron chi connectivity index (χ3n) is 4.62. The van der Waals surface area contributed by atoms with E-state index in [9.17, 15) is 9.59 Å². The summed E-state index contributed by atoms with van der Waals surface area (Å²) >= 11 is 1.31. The number of rotatable bonds is 3. The molecule has 2 fully saturated rings. The predicted molar refractivity (Wildman–Crippen MR) is 85.1 cm³/mol. The first-order valence-electron chi connectivity index (χ1n) is 7.99. The molecule has 0 aliphatic carbocycles. The SMILES string of the molecule is O=C(NC(=O)c1cccs1)OC[C@@H]1CCCN2CCCCC12. The second-order valence-electron chi connectivity index (χ2n) is 6.03. The normalized spacial score (nSPS) is 25.3. The fourth-order valence-corrected chi connectivity index (χ4v) is 4.17. The zero-order chi connectivity index (χ0) is 15.4. The standard InChI is InChI=1S/C16H22N2O3S/c19-15(14-7-4-10-22-14)17-16(20)21-11-12-5-3-9-18-8-2-1-6-13(12)18/h4,7,10,12-13H,1-3,5-6,8-9,11H2,(H,17,19,20)/t12-,13?/m0/s1. The zero-order valence-electron chi connectivity index (χ0n) is 12.6. The maximum Gasteiger partial charge on any atom is 0.414 e. The Kier molecular flexibility index (Phi) is 5.10. The number of fused-ring (bicyclic) bond motifs is 1. The maximum absolute atomic E-state index is 11.8. The van der Waals surface area contributed by atoms with E-state index in [0.29, 0.717) is 23.4 Å². The highest BCUT2D eigenvalue weighted by Gasteiger charge is 2.33. The van der Waals surface area contributed by atoms with Gasteiger partial charge in [0, 0.05) is 12.0 Å². The van der Waals surface area contributed by atoms with Gasteiger partial charge in [-0.2, -0.15) is 0 Å². The molecule has 1 unspecified atom stereocenters. The van der Waals surface area contributed by atoms with E-state index >= 15 is 0 Å². The van der Waals surface area contributed by atoms with Crippen LogP contribution in [0.25, 0.3) is 0 Å². The summed E-state index contributed by atoms with van der Waals surface area (Å²) in [5.74, 6) is 0.0135. The fourth-order valence-electron chi connectivity index (χ4n) is 3.55. The number of alkyl carbamates (subject to hydrolysis) is 1. The lowest BCUT2D eigenvalue weighted by molar-refractivity contribution is 0.0235. The van der Waals surface area contributed by atoms with Crippen molar-refractivity contribution in [3.05, 3.63) is 22.4 Å². The Bertz CT molecular complexity index is 515. The maximum atomic E-state index is 11.8. The lowest BCUT2D eigenvalue weighted by Crippen LogP contribution is -2.49. The molecular weight excluding hydrogens is 300 g/mol. The number of thiophene rings is 1. The van der Waals surface area contributed by atoms with Crippen molar-refractivity contribution in [3.63, 3.8) is 0 Å². The van der Waals surface area contributed by atoms with E-state index in [-0.39, 0.29) is 5.91 Å². The smallest absolute Gasteiger partial charge is 0.414 e. The van der Waals surface area contributed by atoms with Crippen LogP contribution in [0.1, 0.15) is 41.8 Å². The van der Waals surface area contributed by atoms with Gasteiger partial charge in [0.2, 0.25) is 0 Å². The third kappa shape index (κ3) is 3.67. The third-order valence-corrected chi connectivity index (χ3v) is 5.49. The van der Waals surface area contributed by atoms with Gasteiger partial charge in [-0.25, -0.2) is 4.79 Å². The molecule has 0 spiro atoms. The second-order valence-corrected chi connectivity index (χ2v) is 6.98. The summed E-state index contributed by atoms with van der Waals surface area (Å²) in [6.07, 6.45) is 5.38. The van der Waals surface area contributed by atoms with Crippen molar-refractivity contribution in [3.8, 4) is 0 Å². The first-order chi connectivity index (χ1) is 10.7. The van der Waals surface area contributed by atoms with Crippen LogP contribution < -0.4 is 5.32 Å². The number of nitrogens with zero attached hydrogens (tertiary/aromatic N) is 1. The van der Waals surface area contributed by atoms with E-state index in [1.165, 1.54) is 50.1 Å².